The van der Waals surface area contributed by atoms with Crippen molar-refractivity contribution in [2.75, 3.05) is 5.73 Å². The molecule has 0 saturated carbocycles. The zero-order chi connectivity index (χ0) is 23.9. The highest BCUT2D eigenvalue weighted by atomic mass is 16.2. The number of aromatic nitrogens is 1. The second kappa shape index (κ2) is 10.6. The van der Waals surface area contributed by atoms with E-state index in [1.165, 1.54) is 0 Å². The van der Waals surface area contributed by atoms with Gasteiger partial charge in [-0.3, -0.25) is 9.59 Å². The number of nitrogens with two attached hydrogens (primary N) is 1. The summed E-state index contributed by atoms with van der Waals surface area (Å²) in [5.74, 6) is -0.0147. The maximum Gasteiger partial charge on any atom is 0.243 e. The molecule has 1 heterocycles. The average molecular weight is 453 g/mol. The maximum absolute atomic E-state index is 13.2. The number of fused-ring (bicyclic) bond motifs is 1. The van der Waals surface area contributed by atoms with Crippen molar-refractivity contribution < 1.29 is 9.59 Å². The lowest BCUT2D eigenvalue weighted by Gasteiger charge is -2.20. The normalized spacial score (nSPS) is 11.7. The third-order valence-corrected chi connectivity index (χ3v) is 5.88. The number of anilines is 1. The Bertz CT molecular complexity index is 1300. The van der Waals surface area contributed by atoms with E-state index in [0.717, 1.165) is 33.0 Å². The van der Waals surface area contributed by atoms with Crippen molar-refractivity contribution in [1.29, 1.82) is 0 Å². The summed E-state index contributed by atoms with van der Waals surface area (Å²) >= 11 is 0. The van der Waals surface area contributed by atoms with Gasteiger partial charge in [0, 0.05) is 19.2 Å². The van der Waals surface area contributed by atoms with Gasteiger partial charge in [-0.05, 0) is 46.0 Å². The van der Waals surface area contributed by atoms with Gasteiger partial charge in [0.2, 0.25) is 11.8 Å². The molecule has 0 aliphatic heterocycles. The Morgan fingerprint density at radius 2 is 1.65 bits per heavy atom. The van der Waals surface area contributed by atoms with E-state index in [-0.39, 0.29) is 18.2 Å². The van der Waals surface area contributed by atoms with Crippen LogP contribution in [0.3, 0.4) is 0 Å². The Morgan fingerprint density at radius 3 is 2.44 bits per heavy atom. The third-order valence-electron chi connectivity index (χ3n) is 5.88. The molecule has 0 unspecified atom stereocenters. The highest BCUT2D eigenvalue weighted by Crippen LogP contribution is 2.20. The molecular formula is C28H28N4O2. The lowest BCUT2D eigenvalue weighted by molar-refractivity contribution is -0.128. The Balaban J connectivity index is 1.53. The molecule has 1 aromatic heterocycles. The molecule has 0 saturated heterocycles. The second-order valence-corrected chi connectivity index (χ2v) is 8.37. The fraction of sp³-hybridized carbons (Fsp3) is 0.179. The van der Waals surface area contributed by atoms with Crippen LogP contribution in [0.15, 0.2) is 85.1 Å². The molecule has 6 heteroatoms. The minimum absolute atomic E-state index is 0.191. The summed E-state index contributed by atoms with van der Waals surface area (Å²) < 4.78 is 0. The summed E-state index contributed by atoms with van der Waals surface area (Å²) in [5.41, 5.74) is 9.47. The summed E-state index contributed by atoms with van der Waals surface area (Å²) in [6.45, 7) is 2.27. The van der Waals surface area contributed by atoms with Crippen LogP contribution in [-0.2, 0) is 29.0 Å². The van der Waals surface area contributed by atoms with Crippen LogP contribution in [0.5, 0.6) is 0 Å². The second-order valence-electron chi connectivity index (χ2n) is 8.37. The van der Waals surface area contributed by atoms with Crippen molar-refractivity contribution >= 4 is 28.4 Å². The van der Waals surface area contributed by atoms with Gasteiger partial charge in [-0.15, -0.1) is 0 Å². The highest BCUT2D eigenvalue weighted by Gasteiger charge is 2.22. The molecule has 3 aromatic carbocycles. The first-order valence-corrected chi connectivity index (χ1v) is 11.3. The van der Waals surface area contributed by atoms with Crippen LogP contribution in [0, 0.1) is 6.92 Å². The number of hydrogen-bond donors (Lipinski definition) is 3. The van der Waals surface area contributed by atoms with E-state index in [1.807, 2.05) is 79.7 Å². The van der Waals surface area contributed by atoms with E-state index in [0.29, 0.717) is 18.8 Å². The van der Waals surface area contributed by atoms with Crippen molar-refractivity contribution in [3.05, 3.63) is 107 Å². The predicted molar refractivity (Wildman–Crippen MR) is 135 cm³/mol. The highest BCUT2D eigenvalue weighted by molar-refractivity contribution is 5.90. The number of carbonyl (C=O) groups is 2. The number of amides is 2. The summed E-state index contributed by atoms with van der Waals surface area (Å²) in [7, 11) is 0. The standard InChI is InChI=1S/C28H28N4O2/c1-19-7-2-3-9-22(19)16-27(33)32-25(28(34)31-18-20-13-14-26(29)30-17-20)15-23-11-6-10-21-8-4-5-12-24(21)23/h2-14,17,25H,15-16,18H2,1H3,(H2,29,30)(H,31,34)(H,32,33)/t25-/m0/s1. The number of aryl methyl sites for hydroxylation is 1. The summed E-state index contributed by atoms with van der Waals surface area (Å²) in [5, 5.41) is 8.06. The van der Waals surface area contributed by atoms with Crippen molar-refractivity contribution in [2.45, 2.75) is 32.4 Å². The molecule has 6 nitrogen and oxygen atoms in total. The summed E-state index contributed by atoms with van der Waals surface area (Å²) in [6.07, 6.45) is 2.23. The lowest BCUT2D eigenvalue weighted by Crippen LogP contribution is -2.48. The minimum Gasteiger partial charge on any atom is -0.384 e. The molecule has 34 heavy (non-hydrogen) atoms. The smallest absolute Gasteiger partial charge is 0.243 e. The van der Waals surface area contributed by atoms with Crippen LogP contribution in [-0.4, -0.2) is 22.8 Å². The average Bonchev–Trinajstić information content (AvgIpc) is 2.85. The fourth-order valence-corrected chi connectivity index (χ4v) is 3.98. The minimum atomic E-state index is -0.718. The van der Waals surface area contributed by atoms with E-state index in [2.05, 4.69) is 15.6 Å². The first-order valence-electron chi connectivity index (χ1n) is 11.3. The Labute approximate surface area is 199 Å². The van der Waals surface area contributed by atoms with Gasteiger partial charge in [0.25, 0.3) is 0 Å². The van der Waals surface area contributed by atoms with Crippen molar-refractivity contribution in [2.24, 2.45) is 0 Å². The van der Waals surface area contributed by atoms with E-state index in [1.54, 1.807) is 12.3 Å². The number of nitrogen functional groups attached to an aromatic ring is 1. The topological polar surface area (TPSA) is 97.1 Å². The molecule has 1 atom stereocenters. The van der Waals surface area contributed by atoms with Gasteiger partial charge in [-0.2, -0.15) is 0 Å². The van der Waals surface area contributed by atoms with E-state index >= 15 is 0 Å². The van der Waals surface area contributed by atoms with Gasteiger partial charge in [0.05, 0.1) is 6.42 Å². The molecule has 0 radical (unpaired) electrons. The van der Waals surface area contributed by atoms with Crippen LogP contribution >= 0.6 is 0 Å². The maximum atomic E-state index is 13.2. The Kier molecular flexibility index (Phi) is 7.18. The van der Waals surface area contributed by atoms with Gasteiger partial charge in [0.15, 0.2) is 0 Å². The monoisotopic (exact) mass is 452 g/mol. The van der Waals surface area contributed by atoms with Crippen molar-refractivity contribution in [1.82, 2.24) is 15.6 Å². The van der Waals surface area contributed by atoms with Gasteiger partial charge in [0.1, 0.15) is 11.9 Å². The molecule has 0 bridgehead atoms. The Morgan fingerprint density at radius 1 is 0.912 bits per heavy atom. The lowest BCUT2D eigenvalue weighted by atomic mass is 9.98. The molecular weight excluding hydrogens is 424 g/mol. The van der Waals surface area contributed by atoms with Gasteiger partial charge < -0.3 is 16.4 Å². The number of rotatable bonds is 8. The molecule has 4 N–H and O–H groups in total. The fourth-order valence-electron chi connectivity index (χ4n) is 3.98. The SMILES string of the molecule is Cc1ccccc1CC(=O)N[C@@H](Cc1cccc2ccccc12)C(=O)NCc1ccc(N)nc1. The van der Waals surface area contributed by atoms with Crippen LogP contribution in [0.2, 0.25) is 0 Å². The van der Waals surface area contributed by atoms with Gasteiger partial charge in [-0.1, -0.05) is 72.8 Å². The predicted octanol–water partition coefficient (Wildman–Crippen LogP) is 3.71. The number of nitrogens with zero attached hydrogens (tertiary/aromatic N) is 1. The first-order chi connectivity index (χ1) is 16.5. The summed E-state index contributed by atoms with van der Waals surface area (Å²) in [6, 6.07) is 24.6. The molecule has 4 rings (SSSR count). The number of hydrogen-bond acceptors (Lipinski definition) is 4. The van der Waals surface area contributed by atoms with Crippen LogP contribution in [0.25, 0.3) is 10.8 Å². The van der Waals surface area contributed by atoms with Gasteiger partial charge in [-0.25, -0.2) is 4.98 Å². The number of nitrogens with one attached hydrogen (secondary N) is 2. The van der Waals surface area contributed by atoms with Crippen LogP contribution < -0.4 is 16.4 Å². The number of carbonyl (C=O) groups excluding carboxylic acids is 2. The Hall–Kier alpha value is -4.19. The summed E-state index contributed by atoms with van der Waals surface area (Å²) in [4.78, 5) is 30.2. The number of benzene rings is 3. The van der Waals surface area contributed by atoms with Gasteiger partial charge >= 0.3 is 0 Å². The van der Waals surface area contributed by atoms with Crippen LogP contribution in [0.4, 0.5) is 5.82 Å². The molecule has 0 aliphatic rings. The molecule has 0 aliphatic carbocycles. The largest absolute Gasteiger partial charge is 0.384 e. The molecule has 0 spiro atoms. The quantitative estimate of drug-likeness (QED) is 0.380. The van der Waals surface area contributed by atoms with Crippen molar-refractivity contribution in [3.8, 4) is 0 Å². The molecule has 2 amide bonds. The zero-order valence-electron chi connectivity index (χ0n) is 19.1. The first kappa shape index (κ1) is 23.0. The molecule has 172 valence electrons. The van der Waals surface area contributed by atoms with E-state index in [4.69, 9.17) is 5.73 Å². The van der Waals surface area contributed by atoms with Crippen LogP contribution in [0.1, 0.15) is 22.3 Å². The molecule has 0 fully saturated rings. The third kappa shape index (κ3) is 5.78. The van der Waals surface area contributed by atoms with E-state index < -0.39 is 6.04 Å². The van der Waals surface area contributed by atoms with Crippen molar-refractivity contribution in [3.63, 3.8) is 0 Å². The number of pyridine rings is 1. The van der Waals surface area contributed by atoms with E-state index in [9.17, 15) is 9.59 Å². The molecule has 4 aromatic rings. The zero-order valence-corrected chi connectivity index (χ0v) is 19.1.